The lowest BCUT2D eigenvalue weighted by atomic mass is 10.2. The molecule has 11 heavy (non-hydrogen) atoms. The molecule has 0 fully saturated rings. The normalized spacial score (nSPS) is 13.4. The van der Waals surface area contributed by atoms with Crippen molar-refractivity contribution in [3.63, 3.8) is 0 Å². The van der Waals surface area contributed by atoms with Crippen LogP contribution in [0.2, 0.25) is 0 Å². The van der Waals surface area contributed by atoms with Gasteiger partial charge in [-0.15, -0.1) is 0 Å². The topological polar surface area (TPSA) is 43.8 Å². The Balaban J connectivity index is 2.44. The van der Waals surface area contributed by atoms with Crippen molar-refractivity contribution in [2.45, 2.75) is 25.8 Å². The number of nitrogens with two attached hydrogens (primary N) is 1. The van der Waals surface area contributed by atoms with Crippen LogP contribution in [0.4, 0.5) is 0 Å². The van der Waals surface area contributed by atoms with Crippen molar-refractivity contribution in [1.82, 2.24) is 9.55 Å². The summed E-state index contributed by atoms with van der Waals surface area (Å²) in [6.45, 7) is 2.02. The predicted molar refractivity (Wildman–Crippen MR) is 45.2 cm³/mol. The van der Waals surface area contributed by atoms with Crippen LogP contribution in [0.5, 0.6) is 0 Å². The first-order chi connectivity index (χ1) is 5.20. The second-order valence-electron chi connectivity index (χ2n) is 2.97. The monoisotopic (exact) mass is 153 g/mol. The maximum atomic E-state index is 5.62. The predicted octanol–water partition coefficient (Wildman–Crippen LogP) is 0.700. The summed E-state index contributed by atoms with van der Waals surface area (Å²) in [5, 5.41) is 0. The summed E-state index contributed by atoms with van der Waals surface area (Å²) in [6.07, 6.45) is 5.75. The average molecular weight is 153 g/mol. The van der Waals surface area contributed by atoms with Gasteiger partial charge >= 0.3 is 0 Å². The van der Waals surface area contributed by atoms with Crippen molar-refractivity contribution in [3.8, 4) is 0 Å². The van der Waals surface area contributed by atoms with Crippen molar-refractivity contribution in [3.05, 3.63) is 18.2 Å². The molecule has 0 bridgehead atoms. The lowest BCUT2D eigenvalue weighted by molar-refractivity contribution is 0.633. The number of imidazole rings is 1. The molecular weight excluding hydrogens is 138 g/mol. The largest absolute Gasteiger partial charge is 0.338 e. The molecule has 0 saturated carbocycles. The van der Waals surface area contributed by atoms with E-state index in [4.69, 9.17) is 5.73 Å². The highest BCUT2D eigenvalue weighted by atomic mass is 15.0. The number of hydrogen-bond donors (Lipinski definition) is 1. The second kappa shape index (κ2) is 3.53. The van der Waals surface area contributed by atoms with Crippen LogP contribution < -0.4 is 5.73 Å². The molecule has 1 heterocycles. The zero-order valence-corrected chi connectivity index (χ0v) is 7.12. The van der Waals surface area contributed by atoms with Crippen molar-refractivity contribution >= 4 is 0 Å². The zero-order chi connectivity index (χ0) is 8.27. The Kier molecular flexibility index (Phi) is 2.65. The molecule has 3 heteroatoms. The number of aromatic nitrogens is 2. The molecule has 0 aliphatic rings. The quantitative estimate of drug-likeness (QED) is 0.694. The summed E-state index contributed by atoms with van der Waals surface area (Å²) >= 11 is 0. The van der Waals surface area contributed by atoms with Gasteiger partial charge in [-0.3, -0.25) is 0 Å². The van der Waals surface area contributed by atoms with E-state index in [1.165, 1.54) is 0 Å². The Labute approximate surface area is 67.2 Å². The minimum absolute atomic E-state index is 0.270. The van der Waals surface area contributed by atoms with Crippen molar-refractivity contribution in [1.29, 1.82) is 0 Å². The summed E-state index contributed by atoms with van der Waals surface area (Å²) in [4.78, 5) is 4.20. The molecule has 1 aromatic heterocycles. The summed E-state index contributed by atoms with van der Waals surface area (Å²) in [5.74, 6) is 1.11. The van der Waals surface area contributed by atoms with Crippen LogP contribution in [0.15, 0.2) is 12.4 Å². The summed E-state index contributed by atoms with van der Waals surface area (Å²) in [6, 6.07) is 0.270. The Morgan fingerprint density at radius 3 is 2.91 bits per heavy atom. The van der Waals surface area contributed by atoms with Crippen LogP contribution in [-0.4, -0.2) is 15.6 Å². The Morgan fingerprint density at radius 2 is 2.45 bits per heavy atom. The molecule has 62 valence electrons. The van der Waals surface area contributed by atoms with Gasteiger partial charge in [0.1, 0.15) is 5.82 Å². The van der Waals surface area contributed by atoms with Crippen molar-refractivity contribution < 1.29 is 0 Å². The molecule has 2 N–H and O–H groups in total. The third kappa shape index (κ3) is 2.35. The third-order valence-electron chi connectivity index (χ3n) is 1.74. The van der Waals surface area contributed by atoms with Gasteiger partial charge in [0.2, 0.25) is 0 Å². The Hall–Kier alpha value is -0.830. The number of nitrogens with zero attached hydrogens (tertiary/aromatic N) is 2. The van der Waals surface area contributed by atoms with Gasteiger partial charge in [0.15, 0.2) is 0 Å². The maximum absolute atomic E-state index is 5.62. The maximum Gasteiger partial charge on any atom is 0.108 e. The van der Waals surface area contributed by atoms with E-state index in [9.17, 15) is 0 Å². The van der Waals surface area contributed by atoms with Gasteiger partial charge in [0, 0.05) is 31.9 Å². The van der Waals surface area contributed by atoms with E-state index in [1.54, 1.807) is 0 Å². The molecule has 0 amide bonds. The lowest BCUT2D eigenvalue weighted by Gasteiger charge is -2.03. The molecular formula is C8H15N3. The van der Waals surface area contributed by atoms with Gasteiger partial charge in [0.25, 0.3) is 0 Å². The molecule has 1 rings (SSSR count). The molecule has 0 unspecified atom stereocenters. The molecule has 0 aromatic carbocycles. The van der Waals surface area contributed by atoms with Gasteiger partial charge in [-0.05, 0) is 13.3 Å². The number of hydrogen-bond acceptors (Lipinski definition) is 2. The molecule has 0 saturated heterocycles. The fraction of sp³-hybridized carbons (Fsp3) is 0.625. The van der Waals surface area contributed by atoms with Crippen LogP contribution in [-0.2, 0) is 13.5 Å². The van der Waals surface area contributed by atoms with E-state index in [2.05, 4.69) is 4.98 Å². The molecule has 1 aromatic rings. The first kappa shape index (κ1) is 8.27. The zero-order valence-electron chi connectivity index (χ0n) is 7.12. The van der Waals surface area contributed by atoms with E-state index in [-0.39, 0.29) is 6.04 Å². The fourth-order valence-corrected chi connectivity index (χ4v) is 0.994. The first-order valence-electron chi connectivity index (χ1n) is 3.92. The van der Waals surface area contributed by atoms with E-state index in [0.29, 0.717) is 0 Å². The van der Waals surface area contributed by atoms with E-state index >= 15 is 0 Å². The highest BCUT2D eigenvalue weighted by molar-refractivity contribution is 4.91. The second-order valence-corrected chi connectivity index (χ2v) is 2.97. The van der Waals surface area contributed by atoms with Crippen LogP contribution >= 0.6 is 0 Å². The van der Waals surface area contributed by atoms with Gasteiger partial charge in [-0.25, -0.2) is 4.98 Å². The van der Waals surface area contributed by atoms with Gasteiger partial charge < -0.3 is 10.3 Å². The smallest absolute Gasteiger partial charge is 0.108 e. The highest BCUT2D eigenvalue weighted by Gasteiger charge is 2.00. The molecule has 0 radical (unpaired) electrons. The fourth-order valence-electron chi connectivity index (χ4n) is 0.994. The standard InChI is InChI=1S/C8H15N3/c1-7(9)3-4-8-10-5-6-11(8)2/h5-7H,3-4,9H2,1-2H3/t7-/m0/s1. The minimum atomic E-state index is 0.270. The van der Waals surface area contributed by atoms with E-state index < -0.39 is 0 Å². The number of rotatable bonds is 3. The first-order valence-corrected chi connectivity index (χ1v) is 3.92. The van der Waals surface area contributed by atoms with Crippen LogP contribution in [0.1, 0.15) is 19.2 Å². The van der Waals surface area contributed by atoms with Gasteiger partial charge in [-0.1, -0.05) is 0 Å². The Morgan fingerprint density at radius 1 is 1.73 bits per heavy atom. The average Bonchev–Trinajstić information content (AvgIpc) is 2.31. The van der Waals surface area contributed by atoms with Crippen molar-refractivity contribution in [2.75, 3.05) is 0 Å². The molecule has 0 spiro atoms. The van der Waals surface area contributed by atoms with Crippen LogP contribution in [0.3, 0.4) is 0 Å². The highest BCUT2D eigenvalue weighted by Crippen LogP contribution is 1.99. The van der Waals surface area contributed by atoms with E-state index in [0.717, 1.165) is 18.7 Å². The van der Waals surface area contributed by atoms with Gasteiger partial charge in [-0.2, -0.15) is 0 Å². The van der Waals surface area contributed by atoms with Gasteiger partial charge in [0.05, 0.1) is 0 Å². The molecule has 0 aliphatic carbocycles. The van der Waals surface area contributed by atoms with Crippen LogP contribution in [0, 0.1) is 0 Å². The summed E-state index contributed by atoms with van der Waals surface area (Å²) < 4.78 is 2.03. The van der Waals surface area contributed by atoms with Crippen LogP contribution in [0.25, 0.3) is 0 Å². The number of aryl methyl sites for hydroxylation is 2. The molecule has 3 nitrogen and oxygen atoms in total. The Bertz CT molecular complexity index is 215. The van der Waals surface area contributed by atoms with E-state index in [1.807, 2.05) is 30.9 Å². The summed E-state index contributed by atoms with van der Waals surface area (Å²) in [7, 11) is 2.00. The van der Waals surface area contributed by atoms with Crippen molar-refractivity contribution in [2.24, 2.45) is 12.8 Å². The SMILES string of the molecule is C[C@H](N)CCc1nccn1C. The summed E-state index contributed by atoms with van der Waals surface area (Å²) in [5.41, 5.74) is 5.62. The molecule has 1 atom stereocenters. The molecule has 0 aliphatic heterocycles. The minimum Gasteiger partial charge on any atom is -0.338 e. The third-order valence-corrected chi connectivity index (χ3v) is 1.74. The lowest BCUT2D eigenvalue weighted by Crippen LogP contribution is -2.16.